The van der Waals surface area contributed by atoms with Crippen LogP contribution in [-0.4, -0.2) is 50.0 Å². The van der Waals surface area contributed by atoms with E-state index in [0.717, 1.165) is 27.5 Å². The predicted octanol–water partition coefficient (Wildman–Crippen LogP) is 2.42. The molecule has 0 saturated carbocycles. The third kappa shape index (κ3) is 3.84. The van der Waals surface area contributed by atoms with E-state index in [2.05, 4.69) is 14.9 Å². The highest BCUT2D eigenvalue weighted by Gasteiger charge is 2.29. The normalized spacial score (nSPS) is 19.7. The molecule has 0 aliphatic carbocycles. The van der Waals surface area contributed by atoms with E-state index < -0.39 is 0 Å². The Bertz CT molecular complexity index is 1130. The molecule has 152 valence electrons. The minimum Gasteiger partial charge on any atom is -0.367 e. The molecular formula is C20H24N6O2S. The van der Waals surface area contributed by atoms with Crippen molar-refractivity contribution in [2.75, 3.05) is 24.2 Å². The van der Waals surface area contributed by atoms with Crippen LogP contribution >= 0.6 is 11.8 Å². The Balaban J connectivity index is 1.73. The van der Waals surface area contributed by atoms with Gasteiger partial charge in [-0.05, 0) is 38.7 Å². The van der Waals surface area contributed by atoms with Crippen molar-refractivity contribution in [3.05, 3.63) is 45.6 Å². The van der Waals surface area contributed by atoms with Gasteiger partial charge in [0.15, 0.2) is 5.65 Å². The van der Waals surface area contributed by atoms with Gasteiger partial charge in [0.25, 0.3) is 0 Å². The molecule has 0 aromatic carbocycles. The van der Waals surface area contributed by atoms with Crippen LogP contribution in [0.3, 0.4) is 0 Å². The standard InChI is InChI=1S/C20H24N6O2S/c1-11-8-26(10-15(28-11)14-6-7-16(27)25(4)9-14)20-23-18-17(19(24-20)29-5)21-12(2)13(3)22-18/h6-7,9,11,15H,8,10H2,1-5H3/t11-,15-/m1/s1. The van der Waals surface area contributed by atoms with Crippen LogP contribution < -0.4 is 10.5 Å². The summed E-state index contributed by atoms with van der Waals surface area (Å²) in [6.45, 7) is 7.20. The smallest absolute Gasteiger partial charge is 0.250 e. The van der Waals surface area contributed by atoms with Gasteiger partial charge in [-0.3, -0.25) is 4.79 Å². The molecule has 0 spiro atoms. The number of ether oxygens (including phenoxy) is 1. The van der Waals surface area contributed by atoms with E-state index in [4.69, 9.17) is 14.7 Å². The predicted molar refractivity (Wildman–Crippen MR) is 114 cm³/mol. The number of hydrogen-bond donors (Lipinski definition) is 0. The number of pyridine rings is 1. The Morgan fingerprint density at radius 1 is 1.10 bits per heavy atom. The van der Waals surface area contributed by atoms with Crippen LogP contribution in [0.5, 0.6) is 0 Å². The van der Waals surface area contributed by atoms with Gasteiger partial charge in [0.1, 0.15) is 16.6 Å². The lowest BCUT2D eigenvalue weighted by atomic mass is 10.1. The van der Waals surface area contributed by atoms with Gasteiger partial charge in [0, 0.05) is 25.9 Å². The molecule has 2 atom stereocenters. The molecule has 0 N–H and O–H groups in total. The summed E-state index contributed by atoms with van der Waals surface area (Å²) in [6, 6.07) is 3.40. The van der Waals surface area contributed by atoms with E-state index in [1.54, 1.807) is 29.4 Å². The molecule has 1 aliphatic rings. The second kappa shape index (κ2) is 7.72. The van der Waals surface area contributed by atoms with E-state index in [0.29, 0.717) is 24.7 Å². The fraction of sp³-hybridized carbons (Fsp3) is 0.450. The molecule has 8 nitrogen and oxygen atoms in total. The lowest BCUT2D eigenvalue weighted by molar-refractivity contribution is -0.0181. The maximum Gasteiger partial charge on any atom is 0.250 e. The zero-order valence-electron chi connectivity index (χ0n) is 17.2. The molecule has 0 amide bonds. The van der Waals surface area contributed by atoms with Crippen molar-refractivity contribution >= 4 is 28.9 Å². The number of aromatic nitrogens is 5. The molecule has 3 aromatic heterocycles. The number of thioether (sulfide) groups is 1. The van der Waals surface area contributed by atoms with Gasteiger partial charge in [-0.25, -0.2) is 15.0 Å². The highest BCUT2D eigenvalue weighted by molar-refractivity contribution is 7.98. The topological polar surface area (TPSA) is 86.0 Å². The lowest BCUT2D eigenvalue weighted by Crippen LogP contribution is -2.44. The second-order valence-electron chi connectivity index (χ2n) is 7.35. The van der Waals surface area contributed by atoms with Gasteiger partial charge in [-0.1, -0.05) is 0 Å². The van der Waals surface area contributed by atoms with Gasteiger partial charge in [0.05, 0.1) is 24.0 Å². The van der Waals surface area contributed by atoms with Crippen molar-refractivity contribution < 1.29 is 4.74 Å². The van der Waals surface area contributed by atoms with Crippen LogP contribution in [-0.2, 0) is 11.8 Å². The maximum atomic E-state index is 11.7. The van der Waals surface area contributed by atoms with Crippen molar-refractivity contribution in [3.63, 3.8) is 0 Å². The van der Waals surface area contributed by atoms with Gasteiger partial charge in [0.2, 0.25) is 11.5 Å². The largest absolute Gasteiger partial charge is 0.367 e. The number of morpholine rings is 1. The van der Waals surface area contributed by atoms with E-state index in [9.17, 15) is 4.79 Å². The SMILES string of the molecule is CSc1nc(N2C[C@@H](C)O[C@@H](c3ccc(=O)n(C)c3)C2)nc2nc(C)c(C)nc12. The zero-order chi connectivity index (χ0) is 20.7. The highest BCUT2D eigenvalue weighted by atomic mass is 32.2. The van der Waals surface area contributed by atoms with E-state index in [-0.39, 0.29) is 17.8 Å². The summed E-state index contributed by atoms with van der Waals surface area (Å²) in [4.78, 5) is 32.6. The van der Waals surface area contributed by atoms with Crippen molar-refractivity contribution in [1.29, 1.82) is 0 Å². The number of anilines is 1. The molecule has 0 bridgehead atoms. The quantitative estimate of drug-likeness (QED) is 0.479. The van der Waals surface area contributed by atoms with Crippen LogP contribution in [0.1, 0.15) is 30.0 Å². The molecule has 4 rings (SSSR count). The average Bonchev–Trinajstić information content (AvgIpc) is 2.69. The molecule has 0 unspecified atom stereocenters. The second-order valence-corrected chi connectivity index (χ2v) is 8.15. The van der Waals surface area contributed by atoms with Crippen LogP contribution in [0.4, 0.5) is 5.95 Å². The van der Waals surface area contributed by atoms with Crippen molar-refractivity contribution in [1.82, 2.24) is 24.5 Å². The number of aryl methyl sites for hydroxylation is 3. The van der Waals surface area contributed by atoms with Crippen LogP contribution in [0, 0.1) is 13.8 Å². The van der Waals surface area contributed by atoms with Gasteiger partial charge in [-0.2, -0.15) is 4.98 Å². The summed E-state index contributed by atoms with van der Waals surface area (Å²) in [5.41, 5.74) is 4.02. The Kier molecular flexibility index (Phi) is 5.26. The van der Waals surface area contributed by atoms with Crippen LogP contribution in [0.25, 0.3) is 11.2 Å². The minimum absolute atomic E-state index is 0.00570. The van der Waals surface area contributed by atoms with E-state index in [1.165, 1.54) is 0 Å². The molecule has 29 heavy (non-hydrogen) atoms. The highest BCUT2D eigenvalue weighted by Crippen LogP contribution is 2.29. The molecule has 9 heteroatoms. The third-order valence-electron chi connectivity index (χ3n) is 5.12. The molecule has 1 fully saturated rings. The molecule has 1 saturated heterocycles. The molecule has 1 aliphatic heterocycles. The van der Waals surface area contributed by atoms with E-state index in [1.807, 2.05) is 39.3 Å². The third-order valence-corrected chi connectivity index (χ3v) is 5.79. The summed E-state index contributed by atoms with van der Waals surface area (Å²) in [5.74, 6) is 0.629. The monoisotopic (exact) mass is 412 g/mol. The van der Waals surface area contributed by atoms with Gasteiger partial charge >= 0.3 is 0 Å². The number of hydrogen-bond acceptors (Lipinski definition) is 8. The first-order valence-corrected chi connectivity index (χ1v) is 10.7. The zero-order valence-corrected chi connectivity index (χ0v) is 18.0. The van der Waals surface area contributed by atoms with E-state index >= 15 is 0 Å². The number of rotatable bonds is 3. The first-order valence-electron chi connectivity index (χ1n) is 9.49. The minimum atomic E-state index is -0.173. The van der Waals surface area contributed by atoms with Crippen molar-refractivity contribution in [2.24, 2.45) is 7.05 Å². The molecular weight excluding hydrogens is 388 g/mol. The maximum absolute atomic E-state index is 11.7. The first-order chi connectivity index (χ1) is 13.9. The Morgan fingerprint density at radius 2 is 1.86 bits per heavy atom. The van der Waals surface area contributed by atoms with Crippen molar-refractivity contribution in [2.45, 2.75) is 38.0 Å². The van der Waals surface area contributed by atoms with Crippen LogP contribution in [0.15, 0.2) is 28.2 Å². The lowest BCUT2D eigenvalue weighted by Gasteiger charge is -2.37. The Hall–Kier alpha value is -2.52. The van der Waals surface area contributed by atoms with Gasteiger partial charge in [-0.15, -0.1) is 11.8 Å². The Labute approximate surface area is 173 Å². The average molecular weight is 413 g/mol. The summed E-state index contributed by atoms with van der Waals surface area (Å²) in [6.07, 6.45) is 3.63. The summed E-state index contributed by atoms with van der Waals surface area (Å²) in [5, 5.41) is 0.818. The summed E-state index contributed by atoms with van der Waals surface area (Å²) >= 11 is 1.54. The van der Waals surface area contributed by atoms with Crippen molar-refractivity contribution in [3.8, 4) is 0 Å². The first kappa shape index (κ1) is 19.8. The number of fused-ring (bicyclic) bond motifs is 1. The molecule has 4 heterocycles. The fourth-order valence-electron chi connectivity index (χ4n) is 3.46. The summed E-state index contributed by atoms with van der Waals surface area (Å²) in [7, 11) is 1.75. The van der Waals surface area contributed by atoms with Crippen LogP contribution in [0.2, 0.25) is 0 Å². The number of nitrogens with zero attached hydrogens (tertiary/aromatic N) is 6. The van der Waals surface area contributed by atoms with Gasteiger partial charge < -0.3 is 14.2 Å². The fourth-order valence-corrected chi connectivity index (χ4v) is 3.97. The molecule has 3 aromatic rings. The Morgan fingerprint density at radius 3 is 2.59 bits per heavy atom. The summed E-state index contributed by atoms with van der Waals surface area (Å²) < 4.78 is 7.72. The molecule has 0 radical (unpaired) electrons.